The van der Waals surface area contributed by atoms with Crippen molar-refractivity contribution in [1.29, 1.82) is 0 Å². The first kappa shape index (κ1) is 7.85. The van der Waals surface area contributed by atoms with Crippen LogP contribution in [0.15, 0.2) is 23.6 Å². The van der Waals surface area contributed by atoms with Crippen LogP contribution in [0.25, 0.3) is 0 Å². The monoisotopic (exact) mass is 153 g/mol. The molecule has 3 heteroatoms. The molecule has 3 nitrogen and oxygen atoms in total. The van der Waals surface area contributed by atoms with Crippen LogP contribution in [-0.4, -0.2) is 16.9 Å². The fourth-order valence-corrected chi connectivity index (χ4v) is 0.877. The van der Waals surface area contributed by atoms with Crippen molar-refractivity contribution >= 4 is 5.78 Å². The van der Waals surface area contributed by atoms with Crippen molar-refractivity contribution < 1.29 is 9.90 Å². The number of Topliss-reactive ketones (excluding diaryl/α,β-unsaturated/α-hetero) is 1. The maximum absolute atomic E-state index is 10.9. The lowest BCUT2D eigenvalue weighted by atomic mass is 9.95. The second-order valence-corrected chi connectivity index (χ2v) is 2.83. The lowest BCUT2D eigenvalue weighted by molar-refractivity contribution is -0.114. The van der Waals surface area contributed by atoms with Gasteiger partial charge in [0.1, 0.15) is 5.70 Å². The number of aliphatic hydroxyl groups is 1. The fourth-order valence-electron chi connectivity index (χ4n) is 0.877. The van der Waals surface area contributed by atoms with Gasteiger partial charge in [-0.15, -0.1) is 0 Å². The maximum Gasteiger partial charge on any atom is 0.215 e. The van der Waals surface area contributed by atoms with E-state index in [2.05, 4.69) is 11.9 Å². The molecule has 0 aromatic heterocycles. The van der Waals surface area contributed by atoms with Crippen LogP contribution in [0, 0.1) is 0 Å². The molecule has 0 amide bonds. The van der Waals surface area contributed by atoms with Crippen molar-refractivity contribution in [1.82, 2.24) is 5.32 Å². The minimum atomic E-state index is -0.184. The van der Waals surface area contributed by atoms with Crippen LogP contribution in [0.1, 0.15) is 13.8 Å². The molecular weight excluding hydrogens is 142 g/mol. The number of aliphatic hydroxyl groups excluding tert-OH is 1. The van der Waals surface area contributed by atoms with E-state index in [4.69, 9.17) is 5.11 Å². The molecule has 0 aliphatic heterocycles. The minimum Gasteiger partial charge on any atom is -0.505 e. The van der Waals surface area contributed by atoms with Gasteiger partial charge in [-0.3, -0.25) is 4.79 Å². The molecule has 11 heavy (non-hydrogen) atoms. The number of allylic oxidation sites excluding steroid dienone is 2. The number of carbonyl (C=O) groups excluding carboxylic acids is 1. The van der Waals surface area contributed by atoms with Crippen LogP contribution in [0.4, 0.5) is 0 Å². The predicted molar refractivity (Wildman–Crippen MR) is 42.1 cm³/mol. The molecule has 1 aliphatic carbocycles. The van der Waals surface area contributed by atoms with Gasteiger partial charge < -0.3 is 10.4 Å². The lowest BCUT2D eigenvalue weighted by Gasteiger charge is -2.22. The Morgan fingerprint density at radius 1 is 1.55 bits per heavy atom. The molecule has 0 atom stereocenters. The van der Waals surface area contributed by atoms with Gasteiger partial charge in [0.05, 0.1) is 5.57 Å². The Labute approximate surface area is 65.4 Å². The topological polar surface area (TPSA) is 49.3 Å². The molecule has 60 valence electrons. The Kier molecular flexibility index (Phi) is 1.72. The first-order valence-electron chi connectivity index (χ1n) is 3.47. The van der Waals surface area contributed by atoms with Crippen molar-refractivity contribution in [2.45, 2.75) is 19.9 Å². The van der Waals surface area contributed by atoms with Crippen molar-refractivity contribution in [3.63, 3.8) is 0 Å². The summed E-state index contributed by atoms with van der Waals surface area (Å²) in [7, 11) is 0. The summed E-state index contributed by atoms with van der Waals surface area (Å²) in [6, 6.07) is 0.157. The van der Waals surface area contributed by atoms with Gasteiger partial charge in [0.15, 0.2) is 5.76 Å². The lowest BCUT2D eigenvalue weighted by Crippen LogP contribution is -2.35. The molecule has 0 aromatic carbocycles. The molecule has 2 N–H and O–H groups in total. The molecule has 0 unspecified atom stereocenters. The van der Waals surface area contributed by atoms with Crippen LogP contribution in [0.5, 0.6) is 0 Å². The molecule has 0 radical (unpaired) electrons. The van der Waals surface area contributed by atoms with Crippen LogP contribution >= 0.6 is 0 Å². The van der Waals surface area contributed by atoms with Gasteiger partial charge in [0, 0.05) is 6.04 Å². The first-order valence-corrected chi connectivity index (χ1v) is 3.47. The van der Waals surface area contributed by atoms with Gasteiger partial charge in [-0.1, -0.05) is 6.58 Å². The van der Waals surface area contributed by atoms with Gasteiger partial charge in [-0.05, 0) is 13.8 Å². The Hall–Kier alpha value is -1.25. The highest BCUT2D eigenvalue weighted by Crippen LogP contribution is 2.24. The Balaban J connectivity index is 2.75. The first-order chi connectivity index (χ1) is 5.04. The average molecular weight is 153 g/mol. The number of hydrogen-bond donors (Lipinski definition) is 2. The third-order valence-electron chi connectivity index (χ3n) is 1.46. The van der Waals surface area contributed by atoms with Crippen molar-refractivity contribution in [2.75, 3.05) is 0 Å². The van der Waals surface area contributed by atoms with Crippen LogP contribution in [0.2, 0.25) is 0 Å². The van der Waals surface area contributed by atoms with E-state index in [0.717, 1.165) is 0 Å². The maximum atomic E-state index is 10.9. The zero-order valence-electron chi connectivity index (χ0n) is 6.64. The smallest absolute Gasteiger partial charge is 0.215 e. The zero-order valence-corrected chi connectivity index (χ0v) is 6.64. The second-order valence-electron chi connectivity index (χ2n) is 2.83. The summed E-state index contributed by atoms with van der Waals surface area (Å²) >= 11 is 0. The van der Waals surface area contributed by atoms with E-state index in [-0.39, 0.29) is 23.2 Å². The Morgan fingerprint density at radius 2 is 2.09 bits per heavy atom. The van der Waals surface area contributed by atoms with E-state index in [9.17, 15) is 4.79 Å². The van der Waals surface area contributed by atoms with Crippen molar-refractivity contribution in [2.24, 2.45) is 0 Å². The van der Waals surface area contributed by atoms with Crippen molar-refractivity contribution in [3.05, 3.63) is 23.6 Å². The van der Waals surface area contributed by atoms with E-state index < -0.39 is 0 Å². The van der Waals surface area contributed by atoms with Gasteiger partial charge in [0.25, 0.3) is 0 Å². The summed E-state index contributed by atoms with van der Waals surface area (Å²) in [5.74, 6) is -0.181. The number of nitrogens with one attached hydrogen (secondary N) is 1. The quantitative estimate of drug-likeness (QED) is 0.579. The molecule has 0 heterocycles. The third kappa shape index (κ3) is 1.13. The van der Waals surface area contributed by atoms with Crippen LogP contribution in [0.3, 0.4) is 0 Å². The van der Waals surface area contributed by atoms with E-state index in [1.807, 2.05) is 13.8 Å². The van der Waals surface area contributed by atoms with Gasteiger partial charge in [-0.25, -0.2) is 0 Å². The molecule has 1 rings (SSSR count). The Bertz CT molecular complexity index is 251. The largest absolute Gasteiger partial charge is 0.505 e. The summed E-state index contributed by atoms with van der Waals surface area (Å²) in [6.07, 6.45) is 0. The minimum absolute atomic E-state index is 0.00343. The van der Waals surface area contributed by atoms with E-state index in [1.165, 1.54) is 0 Å². The predicted octanol–water partition coefficient (Wildman–Crippen LogP) is 0.893. The zero-order chi connectivity index (χ0) is 8.59. The number of hydrogen-bond acceptors (Lipinski definition) is 3. The second kappa shape index (κ2) is 2.42. The summed E-state index contributed by atoms with van der Waals surface area (Å²) in [5.41, 5.74) is 0.498. The highest BCUT2D eigenvalue weighted by Gasteiger charge is 2.31. The summed E-state index contributed by atoms with van der Waals surface area (Å²) in [5, 5.41) is 11.9. The van der Waals surface area contributed by atoms with E-state index in [1.54, 1.807) is 0 Å². The molecule has 1 aliphatic rings. The standard InChI is InChI=1S/C8H11NO2/c1-4(2)9-6-7(10)5(3)8(6)11/h4,9-10H,3H2,1-2H3. The highest BCUT2D eigenvalue weighted by atomic mass is 16.3. The number of carbonyl (C=O) groups is 1. The van der Waals surface area contributed by atoms with Gasteiger partial charge in [-0.2, -0.15) is 0 Å². The highest BCUT2D eigenvalue weighted by molar-refractivity contribution is 6.18. The molecule has 0 saturated carbocycles. The average Bonchev–Trinajstić information content (AvgIpc) is 1.98. The summed E-state index contributed by atoms with van der Waals surface area (Å²) in [6.45, 7) is 7.18. The van der Waals surface area contributed by atoms with E-state index >= 15 is 0 Å². The molecule has 0 saturated heterocycles. The normalized spacial score (nSPS) is 17.4. The molecule has 0 spiro atoms. The molecular formula is C8H11NO2. The summed E-state index contributed by atoms with van der Waals surface area (Å²) in [4.78, 5) is 10.9. The molecule has 0 aromatic rings. The summed E-state index contributed by atoms with van der Waals surface area (Å²) < 4.78 is 0. The van der Waals surface area contributed by atoms with Crippen LogP contribution in [-0.2, 0) is 4.79 Å². The molecule has 0 bridgehead atoms. The van der Waals surface area contributed by atoms with Crippen LogP contribution < -0.4 is 5.32 Å². The molecule has 0 fully saturated rings. The van der Waals surface area contributed by atoms with Gasteiger partial charge in [0.2, 0.25) is 5.78 Å². The SMILES string of the molecule is C=C1C(=O)C(NC(C)C)=C1O. The number of ketones is 1. The Morgan fingerprint density at radius 3 is 2.45 bits per heavy atom. The van der Waals surface area contributed by atoms with Gasteiger partial charge >= 0.3 is 0 Å². The number of rotatable bonds is 2. The third-order valence-corrected chi connectivity index (χ3v) is 1.46. The fraction of sp³-hybridized carbons (Fsp3) is 0.375. The van der Waals surface area contributed by atoms with E-state index in [0.29, 0.717) is 5.70 Å². The van der Waals surface area contributed by atoms with Crippen molar-refractivity contribution in [3.8, 4) is 0 Å².